The Bertz CT molecular complexity index is 6.00. The van der Waals surface area contributed by atoms with Crippen LogP contribution in [0, 0.1) is 0 Å². The number of hydrogen-bond donors (Lipinski definition) is 1. The van der Waals surface area contributed by atoms with E-state index in [-0.39, 0.29) is 24.5 Å². The quantitative estimate of drug-likeness (QED) is 0.392. The van der Waals surface area contributed by atoms with Gasteiger partial charge in [0.2, 0.25) is 0 Å². The molecule has 0 saturated heterocycles. The van der Waals surface area contributed by atoms with Crippen LogP contribution in [0.4, 0.5) is 0 Å². The monoisotopic (exact) mass is 70.1 g/mol. The highest BCUT2D eigenvalue weighted by Crippen LogP contribution is 0.144. The Morgan fingerprint density at radius 2 is 0.750 bits per heavy atom. The first kappa shape index (κ1) is 2230. The predicted octanol–water partition coefficient (Wildman–Crippen LogP) is -0.637. The Balaban J connectivity index is 0. The molecular weight excluding hydrogens is 58.0 g/mol. The Morgan fingerprint density at radius 3 is 0.750 bits per heavy atom. The molecule has 0 amide bonds. The summed E-state index contributed by atoms with van der Waals surface area (Å²) in [5.41, 5.74) is 0. The molecule has 4 heavy (non-hydrogen) atoms. The maximum atomic E-state index is 0. The summed E-state index contributed by atoms with van der Waals surface area (Å²) in [4.78, 5) is 0. The van der Waals surface area contributed by atoms with Crippen LogP contribution in [0.2, 0.25) is 0 Å². The molecule has 3 heteroatoms. The van der Waals surface area contributed by atoms with E-state index in [0.717, 1.165) is 0 Å². The van der Waals surface area contributed by atoms with Gasteiger partial charge in [0.25, 0.3) is 0 Å². The van der Waals surface area contributed by atoms with Gasteiger partial charge in [0.1, 0.15) is 0 Å². The summed E-state index contributed by atoms with van der Waals surface area (Å²) in [5.74, 6) is 0. The van der Waals surface area contributed by atoms with E-state index < -0.39 is 0 Å². The zero-order valence-corrected chi connectivity index (χ0v) is 2.00. The Hall–Kier alpha value is -0.120. The second kappa shape index (κ2) is 707. The molecule has 0 aliphatic heterocycles. The summed E-state index contributed by atoms with van der Waals surface area (Å²) >= 11 is 0. The van der Waals surface area contributed by atoms with Gasteiger partial charge in [0.15, 0.2) is 0 Å². The van der Waals surface area contributed by atoms with Crippen LogP contribution in [-0.2, 0) is 0 Å². The minimum absolute atomic E-state index is 0. The first-order chi connectivity index (χ1) is 0. The highest BCUT2D eigenvalue weighted by molar-refractivity contribution is 2.50. The van der Waals surface area contributed by atoms with Crippen LogP contribution in [0.1, 0.15) is 7.43 Å². The summed E-state index contributed by atoms with van der Waals surface area (Å²) in [6.07, 6.45) is 0. The maximum absolute atomic E-state index is 0. The largest absolute Gasteiger partial charge is 0.412 e. The summed E-state index contributed by atoms with van der Waals surface area (Å²) in [5, 5.41) is 0. The van der Waals surface area contributed by atoms with Crippen LogP contribution in [0.3, 0.4) is 0 Å². The zero-order valence-electron chi connectivity index (χ0n) is 2.00. The Morgan fingerprint density at radius 1 is 0.750 bits per heavy atom. The third kappa shape index (κ3) is 101. The fourth-order valence-electron chi connectivity index (χ4n) is 0. The molecule has 32 valence electrons. The molecule has 0 fully saturated rings. The molecule has 3 nitrogen and oxygen atoms in total. The van der Waals surface area contributed by atoms with Crippen molar-refractivity contribution in [1.29, 1.82) is 0 Å². The lowest BCUT2D eigenvalue weighted by Gasteiger charge is -0.413. The normalized spacial score (nSPS) is 0. The molecule has 0 bridgehead atoms. The van der Waals surface area contributed by atoms with Crippen molar-refractivity contribution in [1.82, 2.24) is 6.15 Å². The molecule has 0 atom stereocenters. The molecule has 0 aliphatic carbocycles. The molecule has 0 aromatic carbocycles. The van der Waals surface area contributed by atoms with E-state index in [1.807, 2.05) is 0 Å². The van der Waals surface area contributed by atoms with Crippen molar-refractivity contribution in [2.24, 2.45) is 0 Å². The van der Waals surface area contributed by atoms with Crippen molar-refractivity contribution < 1.29 is 11.0 Å². The van der Waals surface area contributed by atoms with Crippen molar-refractivity contribution in [3.63, 3.8) is 0 Å². The first-order valence-corrected chi connectivity index (χ1v) is 0. The molecule has 0 spiro atoms. The molecule has 0 aliphatic rings. The first-order valence-electron chi connectivity index (χ1n) is 0. The molecule has 0 rings (SSSR count). The van der Waals surface area contributed by atoms with Crippen molar-refractivity contribution in [2.45, 2.75) is 7.43 Å². The third-order valence-corrected chi connectivity index (χ3v) is 0. The number of hydrogen-bond acceptors (Lipinski definition) is 0. The molecule has 0 unspecified atom stereocenters. The van der Waals surface area contributed by atoms with Crippen LogP contribution in [0.25, 0.3) is 0 Å². The molecular formula is CH12NO2+. The lowest BCUT2D eigenvalue weighted by Crippen LogP contribution is -0.481. The van der Waals surface area contributed by atoms with Gasteiger partial charge >= 0.3 is 0 Å². The fourth-order valence-corrected chi connectivity index (χ4v) is 0. The molecule has 0 aromatic heterocycles. The fraction of sp³-hybridized carbons (Fsp3) is 1.00. The lowest BCUT2D eigenvalue weighted by atomic mass is 12.0. The average molecular weight is 70.1 g/mol. The molecule has 0 aromatic rings. The average Bonchev–Trinajstić information content (AvgIpc) is 0. The van der Waals surface area contributed by atoms with Crippen LogP contribution >= 0.6 is 0 Å². The van der Waals surface area contributed by atoms with Crippen LogP contribution in [0.5, 0.6) is 0 Å². The van der Waals surface area contributed by atoms with E-state index in [1.165, 1.54) is 0 Å². The number of rotatable bonds is 0. The third-order valence-electron chi connectivity index (χ3n) is 0. The van der Waals surface area contributed by atoms with Crippen molar-refractivity contribution in [3.8, 4) is 0 Å². The van der Waals surface area contributed by atoms with Crippen molar-refractivity contribution in [2.75, 3.05) is 0 Å². The van der Waals surface area contributed by atoms with Gasteiger partial charge in [-0.3, -0.25) is 0 Å². The Labute approximate surface area is 25.8 Å². The highest BCUT2D eigenvalue weighted by Gasteiger charge is -0.0775. The van der Waals surface area contributed by atoms with E-state index in [9.17, 15) is 0 Å². The summed E-state index contributed by atoms with van der Waals surface area (Å²) in [7, 11) is 0. The molecule has 8 N–H and O–H groups in total. The molecule has 0 radical (unpaired) electrons. The minimum atomic E-state index is 0. The van der Waals surface area contributed by atoms with Gasteiger partial charge in [-0.25, -0.2) is 0 Å². The molecule has 0 saturated carbocycles. The van der Waals surface area contributed by atoms with E-state index in [2.05, 4.69) is 0 Å². The second-order valence-corrected chi connectivity index (χ2v) is 0. The predicted molar refractivity (Wildman–Crippen MR) is 19.9 cm³/mol. The van der Waals surface area contributed by atoms with Crippen LogP contribution in [-0.4, -0.2) is 11.0 Å². The van der Waals surface area contributed by atoms with Crippen molar-refractivity contribution in [3.05, 3.63) is 0 Å². The van der Waals surface area contributed by atoms with E-state index in [1.54, 1.807) is 0 Å². The van der Waals surface area contributed by atoms with Gasteiger partial charge < -0.3 is 17.1 Å². The molecule has 0 heterocycles. The summed E-state index contributed by atoms with van der Waals surface area (Å²) in [6, 6.07) is 0. The van der Waals surface area contributed by atoms with E-state index in [0.29, 0.717) is 0 Å². The SMILES string of the molecule is C.O.O.[NH4+]. The lowest BCUT2D eigenvalue weighted by molar-refractivity contribution is 0.823. The highest BCUT2D eigenvalue weighted by atomic mass is 16.0. The van der Waals surface area contributed by atoms with Gasteiger partial charge in [-0.1, -0.05) is 7.43 Å². The Kier molecular flexibility index (Phi) is 395000. The van der Waals surface area contributed by atoms with Gasteiger partial charge in [0.05, 0.1) is 0 Å². The second-order valence-electron chi connectivity index (χ2n) is 0. The zero-order chi connectivity index (χ0) is 0. The van der Waals surface area contributed by atoms with Crippen LogP contribution in [0.15, 0.2) is 0 Å². The number of quaternary nitrogens is 1. The van der Waals surface area contributed by atoms with E-state index in [4.69, 9.17) is 0 Å². The maximum Gasteiger partial charge on any atom is -0.0776 e. The van der Waals surface area contributed by atoms with E-state index >= 15 is 0 Å². The van der Waals surface area contributed by atoms with Crippen molar-refractivity contribution >= 4 is 0 Å². The van der Waals surface area contributed by atoms with Gasteiger partial charge in [0, 0.05) is 0 Å². The van der Waals surface area contributed by atoms with Gasteiger partial charge in [-0.15, -0.1) is 0 Å². The summed E-state index contributed by atoms with van der Waals surface area (Å²) < 4.78 is 0. The van der Waals surface area contributed by atoms with Crippen LogP contribution < -0.4 is 6.15 Å². The topological polar surface area (TPSA) is 99.5 Å². The van der Waals surface area contributed by atoms with Gasteiger partial charge in [-0.2, -0.15) is 0 Å². The smallest absolute Gasteiger partial charge is 0.0776 e. The minimum Gasteiger partial charge on any atom is -0.412 e. The van der Waals surface area contributed by atoms with Gasteiger partial charge in [-0.05, 0) is 0 Å². The standard InChI is InChI=1S/CH4.H3N.2H2O/h1H4;1H3;2*1H2/p+1. The summed E-state index contributed by atoms with van der Waals surface area (Å²) in [6.45, 7) is 0.